The molecule has 1 rings (SSSR count). The summed E-state index contributed by atoms with van der Waals surface area (Å²) < 4.78 is 12.0. The molecule has 0 saturated carbocycles. The Labute approximate surface area is 210 Å². The fraction of sp³-hybridized carbons (Fsp3) is 0.800. The van der Waals surface area contributed by atoms with Crippen LogP contribution in [0.15, 0.2) is 24.3 Å². The lowest BCUT2D eigenvalue weighted by Gasteiger charge is -2.19. The molecule has 198 valence electrons. The Morgan fingerprint density at radius 2 is 0.794 bits per heavy atom. The van der Waals surface area contributed by atoms with Gasteiger partial charge in [0.15, 0.2) is 0 Å². The lowest BCUT2D eigenvalue weighted by atomic mass is 10.1. The number of rotatable bonds is 24. The van der Waals surface area contributed by atoms with Gasteiger partial charge in [0.2, 0.25) is 0 Å². The molecule has 4 heteroatoms. The third kappa shape index (κ3) is 16.4. The first-order chi connectivity index (χ1) is 16.7. The first-order valence-electron chi connectivity index (χ1n) is 14.4. The van der Waals surface area contributed by atoms with Crippen LogP contribution in [0.1, 0.15) is 129 Å². The minimum atomic E-state index is -0.154. The van der Waals surface area contributed by atoms with Crippen molar-refractivity contribution in [3.05, 3.63) is 24.3 Å². The quantitative estimate of drug-likeness (QED) is 0.147. The largest absolute Gasteiger partial charge is 0.488 e. The van der Waals surface area contributed by atoms with E-state index >= 15 is 0 Å². The van der Waals surface area contributed by atoms with Crippen LogP contribution in [-0.4, -0.2) is 35.6 Å². The van der Waals surface area contributed by atoms with Crippen molar-refractivity contribution < 1.29 is 19.7 Å². The zero-order chi connectivity index (χ0) is 24.7. The fourth-order valence-corrected chi connectivity index (χ4v) is 4.37. The molecule has 0 spiro atoms. The molecular weight excluding hydrogens is 424 g/mol. The van der Waals surface area contributed by atoms with Crippen LogP contribution in [-0.2, 0) is 0 Å². The van der Waals surface area contributed by atoms with Crippen LogP contribution in [0.2, 0.25) is 0 Å². The summed E-state index contributed by atoms with van der Waals surface area (Å²) in [6.07, 6.45) is 22.0. The molecule has 2 atom stereocenters. The van der Waals surface area contributed by atoms with Crippen LogP contribution in [0, 0.1) is 0 Å². The van der Waals surface area contributed by atoms with Gasteiger partial charge in [-0.3, -0.25) is 0 Å². The minimum absolute atomic E-state index is 0.0416. The molecule has 0 fully saturated rings. The van der Waals surface area contributed by atoms with Crippen LogP contribution in [0.4, 0.5) is 0 Å². The van der Waals surface area contributed by atoms with Gasteiger partial charge in [0.05, 0.1) is 13.2 Å². The van der Waals surface area contributed by atoms with Gasteiger partial charge in [-0.2, -0.15) is 0 Å². The summed E-state index contributed by atoms with van der Waals surface area (Å²) in [5, 5.41) is 19.4. The van der Waals surface area contributed by atoms with Crippen molar-refractivity contribution in [1.82, 2.24) is 0 Å². The third-order valence-electron chi connectivity index (χ3n) is 6.60. The highest BCUT2D eigenvalue weighted by molar-refractivity contribution is 5.31. The summed E-state index contributed by atoms with van der Waals surface area (Å²) in [4.78, 5) is 0. The molecule has 4 nitrogen and oxygen atoms in total. The second kappa shape index (κ2) is 22.2. The highest BCUT2D eigenvalue weighted by Gasteiger charge is 2.11. The monoisotopic (exact) mass is 478 g/mol. The molecule has 2 unspecified atom stereocenters. The Hall–Kier alpha value is -1.26. The van der Waals surface area contributed by atoms with E-state index in [9.17, 15) is 10.2 Å². The molecule has 0 aliphatic heterocycles. The van der Waals surface area contributed by atoms with Crippen molar-refractivity contribution in [3.8, 4) is 11.5 Å². The lowest BCUT2D eigenvalue weighted by Crippen LogP contribution is -2.21. The number of unbranched alkanes of at least 4 members (excludes halogenated alkanes) is 14. The van der Waals surface area contributed by atoms with E-state index in [0.717, 1.165) is 37.2 Å². The summed E-state index contributed by atoms with van der Waals surface area (Å²) in [6.45, 7) is 4.58. The number of hydrogen-bond donors (Lipinski definition) is 2. The molecule has 0 radical (unpaired) electrons. The van der Waals surface area contributed by atoms with Gasteiger partial charge in [0.25, 0.3) is 0 Å². The van der Waals surface area contributed by atoms with E-state index in [4.69, 9.17) is 9.47 Å². The van der Waals surface area contributed by atoms with Gasteiger partial charge in [-0.25, -0.2) is 0 Å². The summed E-state index contributed by atoms with van der Waals surface area (Å²) in [7, 11) is 0. The molecule has 0 amide bonds. The van der Waals surface area contributed by atoms with E-state index < -0.39 is 0 Å². The SMILES string of the molecule is CCCCCCCCCCC(CO)Oc1ccc(OC(CO)CCCCCCCCCC)cc1. The normalized spacial score (nSPS) is 13.1. The van der Waals surface area contributed by atoms with E-state index in [-0.39, 0.29) is 25.4 Å². The van der Waals surface area contributed by atoms with Crippen molar-refractivity contribution >= 4 is 0 Å². The Morgan fingerprint density at radius 1 is 0.500 bits per heavy atom. The van der Waals surface area contributed by atoms with Crippen molar-refractivity contribution in [2.75, 3.05) is 13.2 Å². The molecule has 0 heterocycles. The lowest BCUT2D eigenvalue weighted by molar-refractivity contribution is 0.103. The van der Waals surface area contributed by atoms with Crippen molar-refractivity contribution in [2.24, 2.45) is 0 Å². The predicted molar refractivity (Wildman–Crippen MR) is 144 cm³/mol. The number of aliphatic hydroxyl groups is 2. The Kier molecular flexibility index (Phi) is 20.1. The fourth-order valence-electron chi connectivity index (χ4n) is 4.37. The Morgan fingerprint density at radius 3 is 1.09 bits per heavy atom. The van der Waals surface area contributed by atoms with Gasteiger partial charge in [0.1, 0.15) is 23.7 Å². The van der Waals surface area contributed by atoms with Gasteiger partial charge < -0.3 is 19.7 Å². The average molecular weight is 479 g/mol. The van der Waals surface area contributed by atoms with Crippen LogP contribution in [0.5, 0.6) is 11.5 Å². The average Bonchev–Trinajstić information content (AvgIpc) is 2.86. The number of aliphatic hydroxyl groups excluding tert-OH is 2. The number of hydrogen-bond acceptors (Lipinski definition) is 4. The smallest absolute Gasteiger partial charge is 0.122 e. The molecule has 1 aromatic carbocycles. The van der Waals surface area contributed by atoms with E-state index in [1.807, 2.05) is 24.3 Å². The van der Waals surface area contributed by atoms with Crippen molar-refractivity contribution in [1.29, 1.82) is 0 Å². The van der Waals surface area contributed by atoms with Gasteiger partial charge in [-0.05, 0) is 49.9 Å². The maximum Gasteiger partial charge on any atom is 0.122 e. The van der Waals surface area contributed by atoms with Gasteiger partial charge in [0, 0.05) is 0 Å². The zero-order valence-electron chi connectivity index (χ0n) is 22.3. The highest BCUT2D eigenvalue weighted by atomic mass is 16.5. The number of ether oxygens (including phenoxy) is 2. The van der Waals surface area contributed by atoms with Gasteiger partial charge >= 0.3 is 0 Å². The topological polar surface area (TPSA) is 58.9 Å². The molecule has 2 N–H and O–H groups in total. The number of benzene rings is 1. The van der Waals surface area contributed by atoms with Gasteiger partial charge in [-0.15, -0.1) is 0 Å². The molecule has 0 saturated heterocycles. The molecule has 0 bridgehead atoms. The van der Waals surface area contributed by atoms with Crippen LogP contribution in [0.3, 0.4) is 0 Å². The molecule has 1 aromatic rings. The maximum absolute atomic E-state index is 9.69. The van der Waals surface area contributed by atoms with Crippen LogP contribution in [0.25, 0.3) is 0 Å². The molecule has 0 aliphatic rings. The van der Waals surface area contributed by atoms with Crippen molar-refractivity contribution in [2.45, 2.75) is 142 Å². The second-order valence-corrected chi connectivity index (χ2v) is 9.84. The summed E-state index contributed by atoms with van der Waals surface area (Å²) >= 11 is 0. The molecule has 0 aromatic heterocycles. The van der Waals surface area contributed by atoms with Crippen LogP contribution >= 0.6 is 0 Å². The predicted octanol–water partition coefficient (Wildman–Crippen LogP) is 8.23. The zero-order valence-corrected chi connectivity index (χ0v) is 22.3. The Bertz CT molecular complexity index is 496. The first-order valence-corrected chi connectivity index (χ1v) is 14.4. The first kappa shape index (κ1) is 30.8. The second-order valence-electron chi connectivity index (χ2n) is 9.84. The summed E-state index contributed by atoms with van der Waals surface area (Å²) in [6, 6.07) is 7.60. The van der Waals surface area contributed by atoms with Gasteiger partial charge in [-0.1, -0.05) is 104 Å². The summed E-state index contributed by atoms with van der Waals surface area (Å²) in [5.74, 6) is 1.52. The van der Waals surface area contributed by atoms with Crippen LogP contribution < -0.4 is 9.47 Å². The molecular formula is C30H54O4. The van der Waals surface area contributed by atoms with Crippen molar-refractivity contribution in [3.63, 3.8) is 0 Å². The van der Waals surface area contributed by atoms with E-state index in [1.54, 1.807) is 0 Å². The summed E-state index contributed by atoms with van der Waals surface area (Å²) in [5.41, 5.74) is 0. The van der Waals surface area contributed by atoms with E-state index in [1.165, 1.54) is 89.9 Å². The maximum atomic E-state index is 9.69. The van der Waals surface area contributed by atoms with E-state index in [2.05, 4.69) is 13.8 Å². The molecule has 34 heavy (non-hydrogen) atoms. The third-order valence-corrected chi connectivity index (χ3v) is 6.60. The Balaban J connectivity index is 2.22. The highest BCUT2D eigenvalue weighted by Crippen LogP contribution is 2.22. The molecule has 0 aliphatic carbocycles. The minimum Gasteiger partial charge on any atom is -0.488 e. The standard InChI is InChI=1S/C30H54O4/c1-3-5-7-9-11-13-15-17-19-29(25-31)33-27-21-23-28(24-22-27)34-30(26-32)20-18-16-14-12-10-8-6-4-2/h21-24,29-32H,3-20,25-26H2,1-2H3. The van der Waals surface area contributed by atoms with E-state index in [0.29, 0.717) is 0 Å².